The van der Waals surface area contributed by atoms with E-state index in [9.17, 15) is 9.59 Å². The van der Waals surface area contributed by atoms with Gasteiger partial charge in [-0.05, 0) is 36.2 Å². The van der Waals surface area contributed by atoms with Crippen molar-refractivity contribution in [3.8, 4) is 5.75 Å². The number of carbonyl (C=O) groups excluding carboxylic acids is 2. The molecule has 2 atom stereocenters. The van der Waals surface area contributed by atoms with Crippen molar-refractivity contribution in [3.63, 3.8) is 0 Å². The van der Waals surface area contributed by atoms with Crippen molar-refractivity contribution in [2.75, 3.05) is 37.8 Å². The Morgan fingerprint density at radius 3 is 2.66 bits per heavy atom. The number of benzene rings is 2. The number of nitrogens with two attached hydrogens (primary N) is 1. The van der Waals surface area contributed by atoms with Crippen molar-refractivity contribution in [3.05, 3.63) is 53.3 Å². The van der Waals surface area contributed by atoms with Crippen LogP contribution in [0.5, 0.6) is 5.75 Å². The van der Waals surface area contributed by atoms with E-state index in [4.69, 9.17) is 22.1 Å². The smallest absolute Gasteiger partial charge is 0.322 e. The molecular formula is C27H34ClN7O3. The molecule has 0 unspecified atom stereocenters. The number of anilines is 2. The van der Waals surface area contributed by atoms with Crippen LogP contribution in [0.15, 0.2) is 42.5 Å². The van der Waals surface area contributed by atoms with Crippen LogP contribution in [0.1, 0.15) is 26.6 Å². The highest BCUT2D eigenvalue weighted by atomic mass is 35.5. The minimum absolute atomic E-state index is 0.0762. The second-order valence-corrected chi connectivity index (χ2v) is 10.2. The first kappa shape index (κ1) is 27.4. The molecule has 3 amide bonds. The summed E-state index contributed by atoms with van der Waals surface area (Å²) in [6.45, 7) is 7.48. The minimum Gasteiger partial charge on any atom is -0.495 e. The number of piperazine rings is 1. The molecule has 1 aromatic heterocycles. The summed E-state index contributed by atoms with van der Waals surface area (Å²) in [5.74, 6) is 1.37. The van der Waals surface area contributed by atoms with E-state index in [0.717, 1.165) is 10.9 Å². The van der Waals surface area contributed by atoms with Crippen LogP contribution >= 0.6 is 11.6 Å². The first-order valence-electron chi connectivity index (χ1n) is 12.6. The van der Waals surface area contributed by atoms with Gasteiger partial charge in [-0.1, -0.05) is 44.5 Å². The molecule has 1 aliphatic heterocycles. The largest absolute Gasteiger partial charge is 0.495 e. The Balaban J connectivity index is 1.54. The molecule has 1 saturated heterocycles. The van der Waals surface area contributed by atoms with Crippen molar-refractivity contribution in [2.45, 2.75) is 33.5 Å². The Bertz CT molecular complexity index is 1320. The topological polar surface area (TPSA) is 126 Å². The van der Waals surface area contributed by atoms with Gasteiger partial charge in [-0.15, -0.1) is 0 Å². The first-order valence-corrected chi connectivity index (χ1v) is 13.0. The van der Waals surface area contributed by atoms with Gasteiger partial charge in [0.15, 0.2) is 0 Å². The Labute approximate surface area is 227 Å². The average Bonchev–Trinajstić information content (AvgIpc) is 2.89. The normalized spacial score (nSPS) is 16.9. The summed E-state index contributed by atoms with van der Waals surface area (Å²) in [7, 11) is 1.53. The van der Waals surface area contributed by atoms with Crippen LogP contribution in [0.25, 0.3) is 10.9 Å². The zero-order chi connectivity index (χ0) is 27.4. The number of urea groups is 1. The number of methoxy groups -OCH3 is 1. The maximum atomic E-state index is 13.2. The van der Waals surface area contributed by atoms with E-state index < -0.39 is 6.17 Å². The minimum atomic E-state index is -0.444. The third kappa shape index (κ3) is 6.25. The van der Waals surface area contributed by atoms with Crippen LogP contribution in [0, 0.1) is 11.8 Å². The number of rotatable bonds is 7. The summed E-state index contributed by atoms with van der Waals surface area (Å²) in [5.41, 5.74) is 7.43. The van der Waals surface area contributed by atoms with Gasteiger partial charge in [0.25, 0.3) is 0 Å². The van der Waals surface area contributed by atoms with Gasteiger partial charge in [0.2, 0.25) is 5.91 Å². The Hall–Kier alpha value is -3.63. The number of nitrogens with zero attached hydrogens (tertiary/aromatic N) is 4. The predicted molar refractivity (Wildman–Crippen MR) is 149 cm³/mol. The number of hydrogen-bond donors (Lipinski definition) is 3. The molecule has 3 aromatic rings. The Kier molecular flexibility index (Phi) is 8.53. The van der Waals surface area contributed by atoms with Gasteiger partial charge in [-0.3, -0.25) is 9.69 Å². The van der Waals surface area contributed by atoms with Gasteiger partial charge in [-0.25, -0.2) is 14.8 Å². The maximum Gasteiger partial charge on any atom is 0.322 e. The van der Waals surface area contributed by atoms with Gasteiger partial charge in [-0.2, -0.15) is 0 Å². The van der Waals surface area contributed by atoms with E-state index >= 15 is 0 Å². The third-order valence-electron chi connectivity index (χ3n) is 6.93. The lowest BCUT2D eigenvalue weighted by Crippen LogP contribution is -2.62. The molecule has 1 aliphatic rings. The van der Waals surface area contributed by atoms with Crippen molar-refractivity contribution < 1.29 is 14.3 Å². The number of amides is 3. The molecule has 38 heavy (non-hydrogen) atoms. The molecule has 11 heteroatoms. The average molecular weight is 540 g/mol. The van der Waals surface area contributed by atoms with E-state index in [-0.39, 0.29) is 30.3 Å². The molecule has 4 N–H and O–H groups in total. The fourth-order valence-electron chi connectivity index (χ4n) is 4.31. The van der Waals surface area contributed by atoms with Crippen LogP contribution in [-0.4, -0.2) is 64.6 Å². The lowest BCUT2D eigenvalue weighted by atomic mass is 9.97. The Morgan fingerprint density at radius 2 is 1.92 bits per heavy atom. The number of ether oxygens (including phenoxy) is 1. The first-order chi connectivity index (χ1) is 18.2. The van der Waals surface area contributed by atoms with E-state index in [1.165, 1.54) is 7.11 Å². The van der Waals surface area contributed by atoms with Crippen molar-refractivity contribution in [2.24, 2.45) is 11.8 Å². The fraction of sp³-hybridized carbons (Fsp3) is 0.407. The van der Waals surface area contributed by atoms with E-state index in [1.807, 2.05) is 45.0 Å². The number of carbonyl (C=O) groups is 2. The van der Waals surface area contributed by atoms with Gasteiger partial charge in [0, 0.05) is 29.4 Å². The number of nitrogens with one attached hydrogen (secondary N) is 2. The van der Waals surface area contributed by atoms with Crippen LogP contribution in [0.4, 0.5) is 16.3 Å². The molecule has 0 saturated carbocycles. The van der Waals surface area contributed by atoms with E-state index in [2.05, 4.69) is 25.5 Å². The fourth-order valence-corrected chi connectivity index (χ4v) is 4.48. The summed E-state index contributed by atoms with van der Waals surface area (Å²) < 4.78 is 5.35. The molecule has 4 rings (SSSR count). The summed E-state index contributed by atoms with van der Waals surface area (Å²) >= 11 is 6.13. The highest BCUT2D eigenvalue weighted by molar-refractivity contribution is 6.31. The van der Waals surface area contributed by atoms with Crippen LogP contribution in [0.2, 0.25) is 5.02 Å². The summed E-state index contributed by atoms with van der Waals surface area (Å²) in [6, 6.07) is 12.3. The maximum absolute atomic E-state index is 13.2. The monoisotopic (exact) mass is 539 g/mol. The molecular weight excluding hydrogens is 506 g/mol. The number of para-hydroxylation sites is 1. The van der Waals surface area contributed by atoms with Gasteiger partial charge in [0.1, 0.15) is 23.6 Å². The molecule has 0 aliphatic carbocycles. The number of hydrogen-bond acceptors (Lipinski definition) is 7. The zero-order valence-electron chi connectivity index (χ0n) is 22.1. The van der Waals surface area contributed by atoms with Gasteiger partial charge in [0.05, 0.1) is 31.4 Å². The molecule has 202 valence electrons. The van der Waals surface area contributed by atoms with Crippen molar-refractivity contribution >= 4 is 45.9 Å². The second kappa shape index (κ2) is 11.8. The summed E-state index contributed by atoms with van der Waals surface area (Å²) in [4.78, 5) is 39.2. The molecule has 0 radical (unpaired) electrons. The predicted octanol–water partition coefficient (Wildman–Crippen LogP) is 3.96. The second-order valence-electron chi connectivity index (χ2n) is 9.79. The number of aromatic nitrogens is 2. The molecule has 0 bridgehead atoms. The van der Waals surface area contributed by atoms with Gasteiger partial charge >= 0.3 is 6.03 Å². The highest BCUT2D eigenvalue weighted by Gasteiger charge is 2.33. The number of halogens is 1. The lowest BCUT2D eigenvalue weighted by molar-refractivity contribution is -0.128. The van der Waals surface area contributed by atoms with Gasteiger partial charge < -0.3 is 26.0 Å². The SMILES string of the molecule is COc1ccc(Cl)cc1NC(=O)N1CCN(Cc2nc(N)c3ccccc3n2)[C@@H](NC(=O)[C@@H](C)C(C)C)C1. The van der Waals surface area contributed by atoms with Crippen molar-refractivity contribution in [1.82, 2.24) is 25.1 Å². The molecule has 0 spiro atoms. The van der Waals surface area contributed by atoms with Crippen LogP contribution in [-0.2, 0) is 11.3 Å². The molecule has 1 fully saturated rings. The molecule has 2 aromatic carbocycles. The zero-order valence-corrected chi connectivity index (χ0v) is 22.8. The Morgan fingerprint density at radius 1 is 1.16 bits per heavy atom. The molecule has 10 nitrogen and oxygen atoms in total. The number of nitrogen functional groups attached to an aromatic ring is 1. The van der Waals surface area contributed by atoms with E-state index in [1.54, 1.807) is 23.1 Å². The summed E-state index contributed by atoms with van der Waals surface area (Å²) in [5, 5.41) is 7.30. The van der Waals surface area contributed by atoms with Crippen LogP contribution in [0.3, 0.4) is 0 Å². The third-order valence-corrected chi connectivity index (χ3v) is 7.16. The summed E-state index contributed by atoms with van der Waals surface area (Å²) in [6.07, 6.45) is -0.444. The van der Waals surface area contributed by atoms with E-state index in [0.29, 0.717) is 47.7 Å². The number of fused-ring (bicyclic) bond motifs is 1. The highest BCUT2D eigenvalue weighted by Crippen LogP contribution is 2.28. The molecule has 2 heterocycles. The van der Waals surface area contributed by atoms with Crippen LogP contribution < -0.4 is 21.1 Å². The quantitative estimate of drug-likeness (QED) is 0.415. The van der Waals surface area contributed by atoms with Crippen molar-refractivity contribution in [1.29, 1.82) is 0 Å². The standard InChI is InChI=1S/C27H34ClN7O3/c1-16(2)17(3)26(36)33-24-15-35(27(37)31-21-13-18(28)9-10-22(21)38-4)12-11-34(24)14-23-30-20-8-6-5-7-19(20)25(29)32-23/h5-10,13,16-17,24H,11-12,14-15H2,1-4H3,(H,31,37)(H,33,36)(H2,29,30,32)/t17-,24+/m0/s1. The lowest BCUT2D eigenvalue weighted by Gasteiger charge is -2.41.